The van der Waals surface area contributed by atoms with Gasteiger partial charge in [-0.05, 0) is 5.56 Å². The second kappa shape index (κ2) is 7.36. The number of aromatic hydroxyl groups is 1. The lowest BCUT2D eigenvalue weighted by Crippen LogP contribution is -2.50. The fraction of sp³-hybridized carbons (Fsp3) is 0.444. The van der Waals surface area contributed by atoms with Gasteiger partial charge in [0.25, 0.3) is 5.88 Å². The minimum atomic E-state index is -0.433. The molecule has 4 rings (SSSR count). The quantitative estimate of drug-likeness (QED) is 0.832. The van der Waals surface area contributed by atoms with Crippen LogP contribution in [0.15, 0.2) is 35.1 Å². The van der Waals surface area contributed by atoms with Crippen LogP contribution >= 0.6 is 0 Å². The Balaban J connectivity index is 1.50. The van der Waals surface area contributed by atoms with Crippen molar-refractivity contribution >= 4 is 6.03 Å². The number of hydrogen-bond acceptors (Lipinski definition) is 5. The van der Waals surface area contributed by atoms with E-state index in [2.05, 4.69) is 0 Å². The smallest absolute Gasteiger partial charge is 0.365 e. The number of rotatable bonds is 3. The second-order valence-corrected chi connectivity index (χ2v) is 6.56. The Labute approximate surface area is 155 Å². The topological polar surface area (TPSA) is 89.2 Å². The molecule has 1 saturated heterocycles. The summed E-state index contributed by atoms with van der Waals surface area (Å²) in [6.45, 7) is 3.21. The van der Waals surface area contributed by atoms with Crippen LogP contribution in [0.1, 0.15) is 11.3 Å². The van der Waals surface area contributed by atoms with Crippen LogP contribution in [0.2, 0.25) is 0 Å². The van der Waals surface area contributed by atoms with Crippen LogP contribution in [0.5, 0.6) is 5.88 Å². The first kappa shape index (κ1) is 17.5. The molecule has 27 heavy (non-hydrogen) atoms. The summed E-state index contributed by atoms with van der Waals surface area (Å²) in [5.41, 5.74) is 0.843. The number of aromatic nitrogens is 2. The van der Waals surface area contributed by atoms with Crippen LogP contribution in [-0.2, 0) is 24.4 Å². The molecule has 0 radical (unpaired) electrons. The Hall–Kier alpha value is -2.94. The van der Waals surface area contributed by atoms with Crippen molar-refractivity contribution in [2.75, 3.05) is 32.8 Å². The molecule has 0 spiro atoms. The van der Waals surface area contributed by atoms with Crippen LogP contribution in [0.25, 0.3) is 0 Å². The number of amides is 2. The zero-order chi connectivity index (χ0) is 18.8. The second-order valence-electron chi connectivity index (χ2n) is 6.56. The normalized spacial score (nSPS) is 16.9. The molecule has 1 aromatic carbocycles. The van der Waals surface area contributed by atoms with Crippen molar-refractivity contribution in [1.82, 2.24) is 19.1 Å². The van der Waals surface area contributed by atoms with Crippen molar-refractivity contribution in [3.8, 4) is 5.88 Å². The summed E-state index contributed by atoms with van der Waals surface area (Å²) in [5, 5.41) is 10.5. The van der Waals surface area contributed by atoms with Gasteiger partial charge in [-0.2, -0.15) is 0 Å². The average molecular weight is 374 g/mol. The van der Waals surface area contributed by atoms with Gasteiger partial charge in [-0.3, -0.25) is 4.57 Å². The van der Waals surface area contributed by atoms with Crippen LogP contribution < -0.4 is 10.5 Å². The van der Waals surface area contributed by atoms with E-state index >= 15 is 0 Å². The summed E-state index contributed by atoms with van der Waals surface area (Å²) >= 11 is 0. The van der Waals surface area contributed by atoms with Gasteiger partial charge in [-0.1, -0.05) is 35.1 Å². The molecule has 0 aliphatic carbocycles. The van der Waals surface area contributed by atoms with E-state index in [4.69, 9.17) is 9.57 Å². The highest BCUT2D eigenvalue weighted by molar-refractivity contribution is 5.74. The Morgan fingerprint density at radius 2 is 1.81 bits per heavy atom. The van der Waals surface area contributed by atoms with Gasteiger partial charge in [-0.15, -0.1) is 0 Å². The number of nitrogens with zero attached hydrogens (tertiary/aromatic N) is 4. The number of morpholine rings is 1. The van der Waals surface area contributed by atoms with Crippen molar-refractivity contribution < 1.29 is 19.5 Å². The van der Waals surface area contributed by atoms with Crippen LogP contribution in [-0.4, -0.2) is 63.1 Å². The van der Waals surface area contributed by atoms with Gasteiger partial charge in [-0.25, -0.2) is 9.59 Å². The number of carbonyl (C=O) groups is 1. The molecule has 2 aromatic rings. The molecule has 9 heteroatoms. The Bertz CT molecular complexity index is 870. The maximum Gasteiger partial charge on any atom is 0.365 e. The summed E-state index contributed by atoms with van der Waals surface area (Å²) in [4.78, 5) is 34.1. The lowest BCUT2D eigenvalue weighted by atomic mass is 10.2. The summed E-state index contributed by atoms with van der Waals surface area (Å²) in [5.74, 6) is -0.254. The lowest BCUT2D eigenvalue weighted by Gasteiger charge is -2.34. The zero-order valence-electron chi connectivity index (χ0n) is 14.9. The fourth-order valence-electron chi connectivity index (χ4n) is 3.37. The van der Waals surface area contributed by atoms with Gasteiger partial charge in [0.05, 0.1) is 19.8 Å². The summed E-state index contributed by atoms with van der Waals surface area (Å²) in [6, 6.07) is 9.29. The predicted molar refractivity (Wildman–Crippen MR) is 95.3 cm³/mol. The first-order valence-corrected chi connectivity index (χ1v) is 8.97. The van der Waals surface area contributed by atoms with Gasteiger partial charge < -0.3 is 24.5 Å². The maximum atomic E-state index is 12.7. The molecule has 1 N–H and O–H groups in total. The number of carbonyl (C=O) groups excluding carboxylic acids is 1. The van der Waals surface area contributed by atoms with E-state index in [-0.39, 0.29) is 25.1 Å². The molecule has 0 bridgehead atoms. The van der Waals surface area contributed by atoms with E-state index < -0.39 is 5.69 Å². The Morgan fingerprint density at radius 1 is 1.07 bits per heavy atom. The number of fused-ring (bicyclic) bond motifs is 1. The molecule has 0 unspecified atom stereocenters. The molecule has 1 fully saturated rings. The Morgan fingerprint density at radius 3 is 2.56 bits per heavy atom. The number of hydrogen-bond donors (Lipinski definition) is 1. The van der Waals surface area contributed by atoms with Crippen LogP contribution in [0, 0.1) is 0 Å². The van der Waals surface area contributed by atoms with Crippen molar-refractivity contribution in [1.29, 1.82) is 0 Å². The molecule has 0 saturated carbocycles. The number of imidazole rings is 1. The van der Waals surface area contributed by atoms with Crippen molar-refractivity contribution in [3.05, 3.63) is 52.1 Å². The maximum absolute atomic E-state index is 12.7. The van der Waals surface area contributed by atoms with Gasteiger partial charge in [0.15, 0.2) is 0 Å². The molecule has 2 amide bonds. The molecular weight excluding hydrogens is 352 g/mol. The SMILES string of the molecule is O=C(N1CCOCC1)N1CCn2c(c(O)n(OCc3ccccc3)c2=O)C1. The van der Waals surface area contributed by atoms with Gasteiger partial charge in [0.1, 0.15) is 12.3 Å². The van der Waals surface area contributed by atoms with Crippen LogP contribution in [0.4, 0.5) is 4.79 Å². The summed E-state index contributed by atoms with van der Waals surface area (Å²) in [6.07, 6.45) is 0. The third-order valence-corrected chi connectivity index (χ3v) is 4.87. The van der Waals surface area contributed by atoms with Gasteiger partial charge in [0, 0.05) is 26.2 Å². The lowest BCUT2D eigenvalue weighted by molar-refractivity contribution is 0.0408. The minimum absolute atomic E-state index is 0.102. The molecular formula is C18H22N4O5. The average Bonchev–Trinajstić information content (AvgIpc) is 2.97. The van der Waals surface area contributed by atoms with E-state index in [1.54, 1.807) is 9.80 Å². The van der Waals surface area contributed by atoms with E-state index in [0.717, 1.165) is 10.3 Å². The molecule has 9 nitrogen and oxygen atoms in total. The molecule has 2 aliphatic rings. The summed E-state index contributed by atoms with van der Waals surface area (Å²) < 4.78 is 7.65. The highest BCUT2D eigenvalue weighted by atomic mass is 16.7. The fourth-order valence-corrected chi connectivity index (χ4v) is 3.37. The Kier molecular flexibility index (Phi) is 4.76. The minimum Gasteiger partial charge on any atom is -0.491 e. The van der Waals surface area contributed by atoms with Crippen molar-refractivity contribution in [2.45, 2.75) is 19.7 Å². The standard InChI is InChI=1S/C18H22N4O5/c23-16-15-12-20(17(24)19-8-10-26-11-9-19)6-7-21(15)18(25)22(16)27-13-14-4-2-1-3-5-14/h1-5,23H,6-13H2. The number of urea groups is 1. The van der Waals surface area contributed by atoms with Gasteiger partial charge in [0.2, 0.25) is 0 Å². The predicted octanol–water partition coefficient (Wildman–Crippen LogP) is 0.252. The van der Waals surface area contributed by atoms with E-state index in [1.807, 2.05) is 30.3 Å². The summed E-state index contributed by atoms with van der Waals surface area (Å²) in [7, 11) is 0. The highest BCUT2D eigenvalue weighted by Gasteiger charge is 2.31. The van der Waals surface area contributed by atoms with Crippen molar-refractivity contribution in [3.63, 3.8) is 0 Å². The van der Waals surface area contributed by atoms with E-state index in [0.29, 0.717) is 45.1 Å². The molecule has 0 atom stereocenters. The molecule has 1 aromatic heterocycles. The zero-order valence-corrected chi connectivity index (χ0v) is 14.9. The monoisotopic (exact) mass is 374 g/mol. The number of benzene rings is 1. The highest BCUT2D eigenvalue weighted by Crippen LogP contribution is 2.22. The third-order valence-electron chi connectivity index (χ3n) is 4.87. The third kappa shape index (κ3) is 3.37. The largest absolute Gasteiger partial charge is 0.491 e. The first-order chi connectivity index (χ1) is 13.1. The first-order valence-electron chi connectivity index (χ1n) is 8.97. The van der Waals surface area contributed by atoms with E-state index in [1.165, 1.54) is 4.57 Å². The van der Waals surface area contributed by atoms with Crippen LogP contribution in [0.3, 0.4) is 0 Å². The van der Waals surface area contributed by atoms with E-state index in [9.17, 15) is 14.7 Å². The molecule has 3 heterocycles. The molecule has 144 valence electrons. The molecule has 2 aliphatic heterocycles. The van der Waals surface area contributed by atoms with Crippen molar-refractivity contribution in [2.24, 2.45) is 0 Å². The number of ether oxygens (including phenoxy) is 1. The van der Waals surface area contributed by atoms with Gasteiger partial charge >= 0.3 is 11.7 Å².